The first-order valence-electron chi connectivity index (χ1n) is 5.88. The molecule has 1 unspecified atom stereocenters. The molecule has 0 saturated carbocycles. The Morgan fingerprint density at radius 3 is 1.95 bits per heavy atom. The van der Waals surface area contributed by atoms with E-state index in [1.54, 1.807) is 19.6 Å². The summed E-state index contributed by atoms with van der Waals surface area (Å²) in [6.45, 7) is 10.4. The predicted octanol–water partition coefficient (Wildman–Crippen LogP) is -1.13. The number of carbonyl (C=O) groups excluding carboxylic acids is 3. The Kier molecular flexibility index (Phi) is 5.95. The molecule has 0 aromatic carbocycles. The minimum absolute atomic E-state index is 0.210. The third-order valence-corrected chi connectivity index (χ3v) is 4.47. The van der Waals surface area contributed by atoms with E-state index in [0.29, 0.717) is 0 Å². The molecule has 0 saturated heterocycles. The lowest BCUT2D eigenvalue weighted by Gasteiger charge is -2.41. The molecular formula is C12H19NO5Si-2. The van der Waals surface area contributed by atoms with Gasteiger partial charge in [0.25, 0.3) is 0 Å². The molecule has 0 rings (SSSR count). The Bertz CT molecular complexity index is 399. The molecule has 0 aliphatic rings. The van der Waals surface area contributed by atoms with Gasteiger partial charge in [-0.3, -0.25) is 4.79 Å². The molecule has 1 amide bonds. The lowest BCUT2D eigenvalue weighted by molar-refractivity contribution is -0.311. The molecule has 0 fully saturated rings. The second-order valence-electron chi connectivity index (χ2n) is 5.37. The predicted molar refractivity (Wildman–Crippen MR) is 68.0 cm³/mol. The molecular weight excluding hydrogens is 266 g/mol. The zero-order valence-electron chi connectivity index (χ0n) is 11.7. The summed E-state index contributed by atoms with van der Waals surface area (Å²) in [5, 5.41) is 21.7. The quantitative estimate of drug-likeness (QED) is 0.435. The molecule has 0 aromatic heterocycles. The second-order valence-corrected chi connectivity index (χ2v) is 10.2. The van der Waals surface area contributed by atoms with Crippen LogP contribution in [0.3, 0.4) is 0 Å². The molecule has 0 bridgehead atoms. The van der Waals surface area contributed by atoms with Crippen molar-refractivity contribution in [2.75, 3.05) is 0 Å². The van der Waals surface area contributed by atoms with E-state index < -0.39 is 38.5 Å². The number of hydrogen-bond acceptors (Lipinski definition) is 5. The van der Waals surface area contributed by atoms with Crippen molar-refractivity contribution in [2.24, 2.45) is 0 Å². The van der Waals surface area contributed by atoms with Crippen LogP contribution in [0.25, 0.3) is 0 Å². The highest BCUT2D eigenvalue weighted by atomic mass is 28.3. The number of rotatable bonds is 7. The lowest BCUT2D eigenvalue weighted by atomic mass is 10.1. The summed E-state index contributed by atoms with van der Waals surface area (Å²) in [6, 6.07) is -1.27. The van der Waals surface area contributed by atoms with Crippen molar-refractivity contribution in [2.45, 2.75) is 45.4 Å². The molecule has 0 aliphatic carbocycles. The van der Waals surface area contributed by atoms with E-state index in [-0.39, 0.29) is 12.0 Å². The molecule has 0 radical (unpaired) electrons. The van der Waals surface area contributed by atoms with Crippen molar-refractivity contribution in [3.63, 3.8) is 0 Å². The normalized spacial score (nSPS) is 12.6. The number of nitrogens with zero attached hydrogens (tertiary/aromatic N) is 1. The highest BCUT2D eigenvalue weighted by Gasteiger charge is 2.35. The van der Waals surface area contributed by atoms with Crippen LogP contribution >= 0.6 is 0 Å². The second kappa shape index (κ2) is 6.51. The van der Waals surface area contributed by atoms with Gasteiger partial charge in [0.2, 0.25) is 5.91 Å². The van der Waals surface area contributed by atoms with Crippen LogP contribution in [0.5, 0.6) is 0 Å². The fraction of sp³-hybridized carbons (Fsp3) is 0.583. The van der Waals surface area contributed by atoms with Crippen LogP contribution in [-0.2, 0) is 14.4 Å². The largest absolute Gasteiger partial charge is 0.550 e. The van der Waals surface area contributed by atoms with Crippen LogP contribution in [0.2, 0.25) is 19.6 Å². The maximum Gasteiger partial charge on any atom is 0.241 e. The van der Waals surface area contributed by atoms with E-state index in [0.717, 1.165) is 0 Å². The molecule has 7 heteroatoms. The molecule has 6 nitrogen and oxygen atoms in total. The fourth-order valence-corrected chi connectivity index (χ4v) is 3.70. The molecule has 108 valence electrons. The van der Waals surface area contributed by atoms with E-state index in [1.807, 2.05) is 0 Å². The van der Waals surface area contributed by atoms with Gasteiger partial charge in [-0.15, -0.1) is 0 Å². The SMILES string of the molecule is C=C(C)C(=O)N(C(CCC(=O)[O-])C(=O)[O-])[Si](C)(C)C. The molecule has 0 aromatic rings. The van der Waals surface area contributed by atoms with Gasteiger partial charge >= 0.3 is 0 Å². The van der Waals surface area contributed by atoms with Gasteiger partial charge in [0.05, 0.1) is 12.0 Å². The summed E-state index contributed by atoms with van der Waals surface area (Å²) < 4.78 is 1.23. The third kappa shape index (κ3) is 5.25. The standard InChI is InChI=1S/C12H21NO5Si/c1-8(2)11(16)13(19(3,4)5)9(12(17)18)6-7-10(14)15/h9H,1,6-7H2,2-5H3,(H,14,15)(H,17,18)/p-2. The van der Waals surface area contributed by atoms with Crippen LogP contribution in [0.4, 0.5) is 0 Å². The van der Waals surface area contributed by atoms with Crippen molar-refractivity contribution in [3.05, 3.63) is 12.2 Å². The number of hydrogen-bond donors (Lipinski definition) is 0. The third-order valence-electron chi connectivity index (χ3n) is 2.51. The van der Waals surface area contributed by atoms with Gasteiger partial charge < -0.3 is 24.4 Å². The highest BCUT2D eigenvalue weighted by Crippen LogP contribution is 2.19. The average Bonchev–Trinajstić information content (AvgIpc) is 2.20. The summed E-state index contributed by atoms with van der Waals surface area (Å²) in [5.41, 5.74) is 0.210. The van der Waals surface area contributed by atoms with Gasteiger partial charge in [0, 0.05) is 11.5 Å². The van der Waals surface area contributed by atoms with Crippen molar-refractivity contribution in [3.8, 4) is 0 Å². The van der Waals surface area contributed by atoms with Crippen molar-refractivity contribution >= 4 is 26.1 Å². The van der Waals surface area contributed by atoms with Gasteiger partial charge in [-0.2, -0.15) is 0 Å². The average molecular weight is 285 g/mol. The fourth-order valence-electron chi connectivity index (χ4n) is 1.73. The molecule has 0 spiro atoms. The molecule has 0 N–H and O–H groups in total. The maximum absolute atomic E-state index is 12.1. The van der Waals surface area contributed by atoms with Gasteiger partial charge in [-0.1, -0.05) is 26.2 Å². The lowest BCUT2D eigenvalue weighted by Crippen LogP contribution is -2.60. The zero-order chi connectivity index (χ0) is 15.4. The van der Waals surface area contributed by atoms with Crippen LogP contribution < -0.4 is 10.2 Å². The van der Waals surface area contributed by atoms with Gasteiger partial charge in [-0.05, 0) is 19.8 Å². The maximum atomic E-state index is 12.1. The smallest absolute Gasteiger partial charge is 0.241 e. The number of amides is 1. The van der Waals surface area contributed by atoms with Crippen molar-refractivity contribution < 1.29 is 24.6 Å². The zero-order valence-corrected chi connectivity index (χ0v) is 12.7. The Morgan fingerprint density at radius 1 is 1.21 bits per heavy atom. The Hall–Kier alpha value is -1.63. The minimum atomic E-state index is -2.32. The van der Waals surface area contributed by atoms with Gasteiger partial charge in [0.15, 0.2) is 8.24 Å². The first-order valence-corrected chi connectivity index (χ1v) is 9.33. The number of carbonyl (C=O) groups is 3. The van der Waals surface area contributed by atoms with Crippen LogP contribution in [0.1, 0.15) is 19.8 Å². The Labute approximate surface area is 113 Å². The summed E-state index contributed by atoms with van der Waals surface area (Å²) >= 11 is 0. The van der Waals surface area contributed by atoms with Crippen molar-refractivity contribution in [1.29, 1.82) is 0 Å². The minimum Gasteiger partial charge on any atom is -0.550 e. The number of carboxylic acids is 2. The van der Waals surface area contributed by atoms with E-state index in [2.05, 4.69) is 6.58 Å². The molecule has 0 heterocycles. The molecule has 1 atom stereocenters. The van der Waals surface area contributed by atoms with Crippen LogP contribution in [0.15, 0.2) is 12.2 Å². The van der Waals surface area contributed by atoms with Gasteiger partial charge in [0.1, 0.15) is 0 Å². The summed E-state index contributed by atoms with van der Waals surface area (Å²) in [7, 11) is -2.32. The van der Waals surface area contributed by atoms with E-state index in [9.17, 15) is 24.6 Å². The first-order chi connectivity index (χ1) is 8.48. The monoisotopic (exact) mass is 285 g/mol. The van der Waals surface area contributed by atoms with Crippen LogP contribution in [0, 0.1) is 0 Å². The number of carboxylic acid groups (broad SMARTS) is 2. The highest BCUT2D eigenvalue weighted by molar-refractivity contribution is 6.76. The number of aliphatic carboxylic acids is 2. The topological polar surface area (TPSA) is 101 Å². The van der Waals surface area contributed by atoms with E-state index in [4.69, 9.17) is 0 Å². The first kappa shape index (κ1) is 17.4. The van der Waals surface area contributed by atoms with E-state index >= 15 is 0 Å². The Morgan fingerprint density at radius 2 is 1.68 bits per heavy atom. The van der Waals surface area contributed by atoms with Crippen LogP contribution in [-0.4, -0.2) is 36.7 Å². The molecule has 19 heavy (non-hydrogen) atoms. The summed E-state index contributed by atoms with van der Waals surface area (Å²) in [4.78, 5) is 33.8. The summed E-state index contributed by atoms with van der Waals surface area (Å²) in [5.74, 6) is -3.30. The summed E-state index contributed by atoms with van der Waals surface area (Å²) in [6.07, 6.45) is -0.670. The Balaban J connectivity index is 5.39. The van der Waals surface area contributed by atoms with Crippen molar-refractivity contribution in [1.82, 2.24) is 4.57 Å². The van der Waals surface area contributed by atoms with E-state index in [1.165, 1.54) is 11.5 Å². The molecule has 0 aliphatic heterocycles. The van der Waals surface area contributed by atoms with Gasteiger partial charge in [-0.25, -0.2) is 0 Å².